The Balaban J connectivity index is 1.64. The molecule has 20 atom stereocenters. The van der Waals surface area contributed by atoms with E-state index in [1.165, 1.54) is 101 Å². The molecule has 116 heavy (non-hydrogen) atoms. The van der Waals surface area contributed by atoms with Crippen molar-refractivity contribution >= 4 is 82.7 Å². The first-order valence-corrected chi connectivity index (χ1v) is 41.8. The van der Waals surface area contributed by atoms with Gasteiger partial charge in [-0.3, -0.25) is 62.3 Å². The average Bonchev–Trinajstić information content (AvgIpc) is 1.44. The minimum Gasteiger partial charge on any atom is -0.434 e. The van der Waals surface area contributed by atoms with Gasteiger partial charge in [-0.1, -0.05) is 135 Å². The zero-order valence-corrected chi connectivity index (χ0v) is 74.2. The first-order chi connectivity index (χ1) is 53.7. The highest BCUT2D eigenvalue weighted by Crippen LogP contribution is 2.71. The molecule has 5 aliphatic rings. The summed E-state index contributed by atoms with van der Waals surface area (Å²) in [4.78, 5) is 215. The van der Waals surface area contributed by atoms with Crippen molar-refractivity contribution in [1.82, 2.24) is 55.6 Å². The summed E-state index contributed by atoms with van der Waals surface area (Å²) in [5.74, 6) is -14.8. The smallest absolute Gasteiger partial charge is 0.434 e. The lowest BCUT2D eigenvalue weighted by molar-refractivity contribution is -0.219. The Morgan fingerprint density at radius 1 is 0.603 bits per heavy atom. The van der Waals surface area contributed by atoms with Crippen LogP contribution in [0.5, 0.6) is 0 Å². The number of likely N-dealkylation sites (N-methyl/N-ethyl adjacent to an activating group) is 7. The maximum atomic E-state index is 18.1. The van der Waals surface area contributed by atoms with Crippen LogP contribution in [-0.4, -0.2) is 274 Å². The molecule has 0 aromatic rings. The number of aliphatic hydroxyl groups is 2. The molecule has 11 amide bonds. The largest absolute Gasteiger partial charge is 0.508 e. The zero-order valence-electron chi connectivity index (χ0n) is 74.2. The summed E-state index contributed by atoms with van der Waals surface area (Å²) in [6.45, 7) is 32.8. The van der Waals surface area contributed by atoms with Gasteiger partial charge in [0, 0.05) is 72.5 Å². The van der Waals surface area contributed by atoms with Crippen molar-refractivity contribution in [2.24, 2.45) is 70.0 Å². The Bertz CT molecular complexity index is 3690. The molecule has 3 saturated carbocycles. The van der Waals surface area contributed by atoms with Gasteiger partial charge >= 0.3 is 6.16 Å². The van der Waals surface area contributed by atoms with Crippen molar-refractivity contribution in [3.8, 4) is 0 Å². The second-order valence-electron chi connectivity index (χ2n) is 36.6. The summed E-state index contributed by atoms with van der Waals surface area (Å²) < 4.78 is 30.1. The fraction of sp³-hybridized carbons (Fsp3) is 0.767. The fourth-order valence-electron chi connectivity index (χ4n) is 18.5. The molecule has 1 heterocycles. The minimum atomic E-state index is -2.25. The molecule has 1 aliphatic heterocycles. The maximum Gasteiger partial charge on any atom is 0.508 e. The molecule has 12 unspecified atom stereocenters. The third-order valence-electron chi connectivity index (χ3n) is 25.5. The van der Waals surface area contributed by atoms with E-state index in [1.807, 2.05) is 55.4 Å². The van der Waals surface area contributed by atoms with E-state index in [-0.39, 0.29) is 87.2 Å². The van der Waals surface area contributed by atoms with E-state index in [0.717, 1.165) is 14.7 Å². The molecule has 4 aliphatic carbocycles. The lowest BCUT2D eigenvalue weighted by Crippen LogP contribution is -2.69. The average molecular weight is 1640 g/mol. The summed E-state index contributed by atoms with van der Waals surface area (Å²) in [5.41, 5.74) is -6.55. The van der Waals surface area contributed by atoms with Crippen LogP contribution in [0.1, 0.15) is 209 Å². The topological polar surface area (TPSA) is 369 Å². The van der Waals surface area contributed by atoms with Gasteiger partial charge in [0.2, 0.25) is 65.0 Å². The summed E-state index contributed by atoms with van der Waals surface area (Å²) in [5, 5.41) is 35.9. The fourth-order valence-corrected chi connectivity index (χ4v) is 18.5. The molecule has 30 heteroatoms. The number of nitrogens with one attached hydrogen (secondary N) is 4. The lowest BCUT2D eigenvalue weighted by Gasteiger charge is -2.62. The molecule has 654 valence electrons. The Morgan fingerprint density at radius 2 is 1.10 bits per heavy atom. The summed E-state index contributed by atoms with van der Waals surface area (Å²) in [7, 11) is 9.56. The number of hydrogen-bond acceptors (Lipinski definition) is 18. The number of hydrogen-bond donors (Lipinski definition) is 6. The van der Waals surface area contributed by atoms with E-state index < -0.39 is 227 Å². The number of Topliss-reactive ketones (excluding diaryl/α,β-unsaturated/α-hetero) is 1. The zero-order chi connectivity index (χ0) is 88.4. The summed E-state index contributed by atoms with van der Waals surface area (Å²) in [6, 6.07) is -13.6. The van der Waals surface area contributed by atoms with E-state index >= 15 is 23.6 Å². The molecule has 4 fully saturated rings. The first kappa shape index (κ1) is 98.4. The second kappa shape index (κ2) is 40.5. The van der Waals surface area contributed by atoms with Crippen LogP contribution in [0.3, 0.4) is 0 Å². The summed E-state index contributed by atoms with van der Waals surface area (Å²) in [6.07, 6.45) is 3.09. The van der Waals surface area contributed by atoms with Crippen LogP contribution >= 0.6 is 0 Å². The number of carbonyl (C=O) groups is 14. The van der Waals surface area contributed by atoms with Gasteiger partial charge in [-0.15, -0.1) is 0 Å². The van der Waals surface area contributed by atoms with Crippen molar-refractivity contribution in [3.63, 3.8) is 0 Å². The van der Waals surface area contributed by atoms with Crippen LogP contribution in [0.4, 0.5) is 9.18 Å². The van der Waals surface area contributed by atoms with Crippen molar-refractivity contribution in [2.75, 3.05) is 62.5 Å². The molecule has 29 nitrogen and oxygen atoms in total. The third-order valence-corrected chi connectivity index (χ3v) is 25.5. The molecule has 0 aromatic carbocycles. The van der Waals surface area contributed by atoms with E-state index in [0.29, 0.717) is 12.0 Å². The first-order valence-electron chi connectivity index (χ1n) is 41.8. The monoisotopic (exact) mass is 1630 g/mol. The highest BCUT2D eigenvalue weighted by molar-refractivity contribution is 6.02. The van der Waals surface area contributed by atoms with E-state index in [9.17, 15) is 58.2 Å². The second-order valence-corrected chi connectivity index (χ2v) is 36.6. The molecular formula is C86H140FN11O18. The highest BCUT2D eigenvalue weighted by Gasteiger charge is 2.75. The number of nitrogens with zero attached hydrogens (tertiary/aromatic N) is 7. The Labute approximate surface area is 687 Å². The van der Waals surface area contributed by atoms with Gasteiger partial charge in [0.15, 0.2) is 17.2 Å². The van der Waals surface area contributed by atoms with Gasteiger partial charge in [-0.05, 0) is 157 Å². The van der Waals surface area contributed by atoms with Gasteiger partial charge in [-0.25, -0.2) is 9.18 Å². The van der Waals surface area contributed by atoms with Crippen molar-refractivity contribution in [2.45, 2.75) is 293 Å². The van der Waals surface area contributed by atoms with Crippen LogP contribution in [-0.2, 0) is 71.8 Å². The molecule has 5 rings (SSSR count). The van der Waals surface area contributed by atoms with Gasteiger partial charge in [0.1, 0.15) is 78.7 Å². The normalized spacial score (nSPS) is 32.8. The van der Waals surface area contributed by atoms with Crippen LogP contribution in [0.25, 0.3) is 0 Å². The molecule has 1 saturated heterocycles. The van der Waals surface area contributed by atoms with Crippen LogP contribution in [0.2, 0.25) is 0 Å². The predicted molar refractivity (Wildman–Crippen MR) is 436 cm³/mol. The minimum absolute atomic E-state index is 0.0404. The quantitative estimate of drug-likeness (QED) is 0.0543. The van der Waals surface area contributed by atoms with Gasteiger partial charge in [-0.2, -0.15) is 0 Å². The molecule has 0 bridgehead atoms. The standard InChI is InChI=1S/C86H140FN11O18/c1-28-30-31-52(15)71(116-82(113)115-37-35-65(100)86(114)53(16)42-59-58-33-32-56-43-57(99)34-36-83(56,19)85(58,87)66(101)44-84(59,86)20)70-75(106)90-60(29-2)77(108)92(21)45-67(102)93(22)61(38-46(3)4)74(105)91-68(50(11)12)80(111)94(23)62(39-47(5)6)73(104)88-54(17)72(103)89-55(18)76(107)95(24)63(40-48(7)8)78(109)96(25)64(41-49(9)10)79(110)97(26)69(51(13)14)81(112)98(70)27/h28,30,34,36,43,46-55,58-64,66,68-71,101,114H,29,31-33,35,37-42,44-45H2,1-27H3,(H,88,104)(H,89,103)(H,90,106)(H,91,105)/b30-28+/t52-,53+,54?,55?,58?,59?,60?,61+,62?,63?,64?,66+,68?,69?,70?,71?,83+,84+,85+,86+/m1/s1. The predicted octanol–water partition coefficient (Wildman–Crippen LogP) is 6.74. The van der Waals surface area contributed by atoms with Gasteiger partial charge < -0.3 is 75.3 Å². The van der Waals surface area contributed by atoms with E-state index in [1.54, 1.807) is 81.4 Å². The number of ketones is 2. The molecule has 0 radical (unpaired) electrons. The number of fused-ring (bicyclic) bond motifs is 5. The number of amides is 11. The molecule has 0 spiro atoms. The molecule has 0 aromatic heterocycles. The highest BCUT2D eigenvalue weighted by atomic mass is 19.1. The maximum absolute atomic E-state index is 18.1. The van der Waals surface area contributed by atoms with Crippen molar-refractivity contribution < 1.29 is 91.2 Å². The number of alkyl halides is 1. The van der Waals surface area contributed by atoms with Gasteiger partial charge in [0.25, 0.3) is 0 Å². The number of rotatable bonds is 20. The van der Waals surface area contributed by atoms with Crippen molar-refractivity contribution in [3.05, 3.63) is 36.0 Å². The molecule has 6 N–H and O–H groups in total. The number of allylic oxidation sites excluding steroid dienone is 6. The number of carbonyl (C=O) groups excluding carboxylic acids is 14. The Kier molecular flexibility index (Phi) is 34.4. The number of halogens is 1. The van der Waals surface area contributed by atoms with Crippen LogP contribution in [0, 0.1) is 70.0 Å². The molecular weight excluding hydrogens is 1490 g/mol. The Morgan fingerprint density at radius 3 is 1.63 bits per heavy atom. The summed E-state index contributed by atoms with van der Waals surface area (Å²) >= 11 is 0. The van der Waals surface area contributed by atoms with E-state index in [4.69, 9.17) is 9.47 Å². The van der Waals surface area contributed by atoms with Gasteiger partial charge in [0.05, 0.1) is 12.6 Å². The Hall–Kier alpha value is -8.15. The van der Waals surface area contributed by atoms with Crippen molar-refractivity contribution in [1.29, 1.82) is 0 Å². The third kappa shape index (κ3) is 21.3. The lowest BCUT2D eigenvalue weighted by atomic mass is 9.44. The number of aliphatic hydroxyl groups excluding tert-OH is 1. The SMILES string of the molecule is C/C=C/C[C@@H](C)C(OC(=O)OCCC(=O)[C@@]1(O)[C@@H](C)CC2C3CCC4=CC(=O)C=C[C@]4(C)[C@@]3(F)[C@@H](O)C[C@@]21C)C1C(=O)NC(CC)C(=O)N(C)CC(=O)N(C)[C@@H](CC(C)C)C(=O)NC(C(C)C)C(=O)N(C)C(CC(C)C)C(=O)NC(C)C(=O)NC(C)C(=O)N(C)C(CC(C)C)C(=O)N(C)C(CC(C)C)C(=O)N(C)C(C(C)C)C(=O)N1C. The van der Waals surface area contributed by atoms with Crippen LogP contribution in [0.15, 0.2) is 36.0 Å². The van der Waals surface area contributed by atoms with E-state index in [2.05, 4.69) is 21.3 Å². The van der Waals surface area contributed by atoms with Crippen LogP contribution < -0.4 is 21.3 Å². The number of ether oxygens (including phenoxy) is 2.